The van der Waals surface area contributed by atoms with E-state index in [1.807, 2.05) is 24.3 Å². The number of halogens is 12. The van der Waals surface area contributed by atoms with Crippen LogP contribution in [0.3, 0.4) is 0 Å². The Morgan fingerprint density at radius 3 is 0.619 bits per heavy atom. The zero-order valence-electron chi connectivity index (χ0n) is 32.0. The first-order valence-electron chi connectivity index (χ1n) is 16.2. The Morgan fingerprint density at radius 2 is 0.476 bits per heavy atom. The molecule has 2 radical (unpaired) electrons. The fourth-order valence-electron chi connectivity index (χ4n) is 3.51. The van der Waals surface area contributed by atoms with Gasteiger partial charge in [-0.1, -0.05) is 236 Å². The van der Waals surface area contributed by atoms with E-state index in [9.17, 15) is 20.4 Å². The van der Waals surface area contributed by atoms with E-state index in [-0.39, 0.29) is 80.3 Å². The molecule has 358 valence electrons. The van der Waals surface area contributed by atoms with Crippen molar-refractivity contribution in [2.75, 3.05) is 26.2 Å². The fourth-order valence-corrected chi connectivity index (χ4v) is 3.51. The van der Waals surface area contributed by atoms with E-state index in [0.717, 1.165) is 12.8 Å². The zero-order valence-corrected chi connectivity index (χ0v) is 46.5. The van der Waals surface area contributed by atoms with Crippen molar-refractivity contribution in [1.82, 2.24) is 0 Å². The van der Waals surface area contributed by atoms with Gasteiger partial charge >= 0.3 is 0 Å². The molecule has 0 aliphatic carbocycles. The van der Waals surface area contributed by atoms with Gasteiger partial charge in [-0.25, -0.2) is 0 Å². The molecule has 4 aromatic carbocycles. The van der Waals surface area contributed by atoms with Crippen LogP contribution in [0.2, 0.25) is 0 Å². The largest absolute Gasteiger partial charge is 2.00 e. The smallest absolute Gasteiger partial charge is 0.180 e. The predicted molar refractivity (Wildman–Crippen MR) is 250 cm³/mol. The number of hydrogen-bond donors (Lipinski definition) is 0. The summed E-state index contributed by atoms with van der Waals surface area (Å²) < 4.78 is -3.00. The molecule has 0 heterocycles. The zero-order chi connectivity index (χ0) is 44.1. The maximum absolute atomic E-state index is 11.4. The minimum Gasteiger partial charge on any atom is -2.00 e. The van der Waals surface area contributed by atoms with Crippen LogP contribution in [-0.4, -0.2) is 68.2 Å². The molecule has 0 aliphatic rings. The quantitative estimate of drug-likeness (QED) is 0.0766. The summed E-state index contributed by atoms with van der Waals surface area (Å²) in [6.45, 7) is 2.41. The summed E-state index contributed by atoms with van der Waals surface area (Å²) in [6, 6.07) is 27.2. The Labute approximate surface area is 455 Å². The SMILES string of the molecule is ClC(Cl)Cl.ClC(Cl)Cl.ClC(Cl)Cl.ClC(Cl)Cl.[O-2].[O-2].[O-2].[O-]c1ccccc1C=NCCCN=Cc1ccccc1[O-].[O-]c1ccccc1C=NCCCN=Cc1ccccc1[O-].[Re].[Re]. The van der Waals surface area contributed by atoms with E-state index in [4.69, 9.17) is 139 Å². The Balaban J connectivity index is -0.000000140. The third-order valence-electron chi connectivity index (χ3n) is 5.75. The molecule has 4 aromatic rings. The van der Waals surface area contributed by atoms with Gasteiger partial charge < -0.3 is 36.9 Å². The molecule has 0 aliphatic heterocycles. The Kier molecular flexibility index (Phi) is 63.8. The molecule has 0 atom stereocenters. The maximum atomic E-state index is 11.4. The van der Waals surface area contributed by atoms with Gasteiger partial charge in [-0.3, -0.25) is 20.0 Å². The maximum Gasteiger partial charge on any atom is 0.180 e. The molecule has 0 saturated carbocycles. The van der Waals surface area contributed by atoms with E-state index in [0.29, 0.717) is 48.4 Å². The second kappa shape index (κ2) is 52.4. The number of benzene rings is 4. The molecule has 4 rings (SSSR count). The van der Waals surface area contributed by atoms with Crippen LogP contribution in [0, 0.1) is 0 Å². The van der Waals surface area contributed by atoms with Gasteiger partial charge in [0.15, 0.2) is 17.2 Å². The van der Waals surface area contributed by atoms with E-state index in [1.54, 1.807) is 73.4 Å². The number of nitrogens with zero attached hydrogens (tertiary/aromatic N) is 4. The summed E-state index contributed by atoms with van der Waals surface area (Å²) in [5, 5.41) is 45.7. The van der Waals surface area contributed by atoms with Crippen molar-refractivity contribution in [3.05, 3.63) is 119 Å². The van der Waals surface area contributed by atoms with Crippen LogP contribution >= 0.6 is 139 Å². The van der Waals surface area contributed by atoms with Crippen molar-refractivity contribution in [2.45, 2.75) is 30.0 Å². The summed E-state index contributed by atoms with van der Waals surface area (Å²) in [7, 11) is 0. The fraction of sp³-hybridized carbons (Fsp3) is 0.263. The van der Waals surface area contributed by atoms with Gasteiger partial charge in [0.05, 0.1) is 0 Å². The number of aliphatic imine (C=N–C) groups is 4. The summed E-state index contributed by atoms with van der Waals surface area (Å²) in [6.07, 6.45) is 7.93. The second-order valence-electron chi connectivity index (χ2n) is 9.99. The van der Waals surface area contributed by atoms with Crippen molar-refractivity contribution >= 4 is 164 Å². The van der Waals surface area contributed by atoms with Crippen molar-refractivity contribution in [1.29, 1.82) is 0 Å². The monoisotopic (exact) mass is 1450 g/mol. The van der Waals surface area contributed by atoms with Gasteiger partial charge in [-0.2, -0.15) is 0 Å². The molecule has 0 spiro atoms. The van der Waals surface area contributed by atoms with E-state index in [2.05, 4.69) is 20.0 Å². The number of alkyl halides is 12. The van der Waals surface area contributed by atoms with Crippen molar-refractivity contribution in [3.8, 4) is 23.0 Å². The van der Waals surface area contributed by atoms with Crippen molar-refractivity contribution in [3.63, 3.8) is 0 Å². The van der Waals surface area contributed by atoms with Gasteiger partial charge in [0, 0.05) is 91.9 Å². The normalized spacial score (nSPS) is 9.90. The molecule has 0 N–H and O–H groups in total. The second-order valence-corrected chi connectivity index (χ2v) is 17.9. The summed E-state index contributed by atoms with van der Waals surface area (Å²) in [4.78, 5) is 16.8. The van der Waals surface area contributed by atoms with Crippen LogP contribution in [0.4, 0.5) is 0 Å². The predicted octanol–water partition coefficient (Wildman–Crippen LogP) is 11.1. The summed E-state index contributed by atoms with van der Waals surface area (Å²) in [5.74, 6) is -0.0877. The van der Waals surface area contributed by atoms with Crippen molar-refractivity contribution < 1.29 is 77.7 Å². The van der Waals surface area contributed by atoms with Gasteiger partial charge in [0.2, 0.25) is 0 Å². The standard InChI is InChI=1S/2C17H18N2O2.4CHCl3.3O.2Re/c2*20-16-8-3-1-6-14(16)12-18-10-5-11-19-13-15-7-2-4-9-17(15)21;4*2-1(3)4;;;;;/h2*1-4,6-9,12-13,20-21H,5,10-11H2;4*1H;;;;;/q;;;;;;3*-2;;/p-4. The average molecular weight is 1460 g/mol. The molecule has 11 nitrogen and oxygen atoms in total. The third-order valence-corrected chi connectivity index (χ3v) is 5.75. The van der Waals surface area contributed by atoms with Crippen LogP contribution in [0.15, 0.2) is 117 Å². The molecule has 0 saturated heterocycles. The van der Waals surface area contributed by atoms with Gasteiger partial charge in [-0.05, 0) is 35.1 Å². The van der Waals surface area contributed by atoms with E-state index >= 15 is 0 Å². The molecule has 0 fully saturated rings. The Hall–Kier alpha value is -0.555. The van der Waals surface area contributed by atoms with Crippen LogP contribution in [-0.2, 0) is 57.3 Å². The molecule has 0 bridgehead atoms. The molecule has 0 amide bonds. The molecule has 0 unspecified atom stereocenters. The Bertz CT molecular complexity index is 1500. The van der Waals surface area contributed by atoms with E-state index < -0.39 is 17.2 Å². The van der Waals surface area contributed by atoms with Gasteiger partial charge in [0.1, 0.15) is 0 Å². The molecular formula is C38H36Cl12N4O7Re2-10. The average Bonchev–Trinajstić information content (AvgIpc) is 3.13. The number of para-hydroxylation sites is 4. The summed E-state index contributed by atoms with van der Waals surface area (Å²) in [5.41, 5.74) is 2.39. The van der Waals surface area contributed by atoms with Gasteiger partial charge in [-0.15, -0.1) is 23.0 Å². The first kappa shape index (κ1) is 76.7. The number of rotatable bonds is 12. The van der Waals surface area contributed by atoms with Crippen LogP contribution in [0.25, 0.3) is 0 Å². The third kappa shape index (κ3) is 53.9. The van der Waals surface area contributed by atoms with Crippen LogP contribution in [0.5, 0.6) is 23.0 Å². The first-order valence-corrected chi connectivity index (χ1v) is 21.4. The molecule has 0 aromatic heterocycles. The molecular weight excluding hydrogens is 1420 g/mol. The van der Waals surface area contributed by atoms with Gasteiger partial charge in [0.25, 0.3) is 0 Å². The van der Waals surface area contributed by atoms with E-state index in [1.165, 1.54) is 24.3 Å². The Morgan fingerprint density at radius 1 is 0.333 bits per heavy atom. The summed E-state index contributed by atoms with van der Waals surface area (Å²) >= 11 is 57.7. The topological polar surface area (TPSA) is 227 Å². The number of hydrogen-bond acceptors (Lipinski definition) is 8. The minimum absolute atomic E-state index is 0. The minimum atomic E-state index is -0.750. The molecule has 63 heavy (non-hydrogen) atoms. The first-order chi connectivity index (χ1) is 27.5. The molecule has 25 heteroatoms. The van der Waals surface area contributed by atoms with Crippen molar-refractivity contribution in [2.24, 2.45) is 20.0 Å². The van der Waals surface area contributed by atoms with Crippen LogP contribution < -0.4 is 20.4 Å². The van der Waals surface area contributed by atoms with Crippen LogP contribution in [0.1, 0.15) is 35.1 Å².